The van der Waals surface area contributed by atoms with Crippen LogP contribution in [0.25, 0.3) is 0 Å². The third-order valence-electron chi connectivity index (χ3n) is 7.74. The van der Waals surface area contributed by atoms with Crippen molar-refractivity contribution in [1.29, 1.82) is 5.41 Å². The minimum Gasteiger partial charge on any atom is -0.384 e. The zero-order valence-electron chi connectivity index (χ0n) is 23.9. The van der Waals surface area contributed by atoms with Crippen LogP contribution in [0.3, 0.4) is 0 Å². The highest BCUT2D eigenvalue weighted by molar-refractivity contribution is 6.34. The highest BCUT2D eigenvalue weighted by Gasteiger charge is 2.35. The van der Waals surface area contributed by atoms with Gasteiger partial charge < -0.3 is 21.7 Å². The van der Waals surface area contributed by atoms with Gasteiger partial charge in [-0.05, 0) is 60.1 Å². The lowest BCUT2D eigenvalue weighted by Crippen LogP contribution is -2.54. The number of carbonyl (C=O) groups excluding carboxylic acids is 3. The van der Waals surface area contributed by atoms with Gasteiger partial charge in [0.05, 0.1) is 0 Å². The molecule has 0 aromatic heterocycles. The molecule has 0 bridgehead atoms. The van der Waals surface area contributed by atoms with E-state index in [4.69, 9.17) is 34.3 Å². The zero-order chi connectivity index (χ0) is 30.8. The fraction of sp³-hybridized carbons (Fsp3) is 0.333. The summed E-state index contributed by atoms with van der Waals surface area (Å²) >= 11 is 12.3. The van der Waals surface area contributed by atoms with Crippen molar-refractivity contribution in [3.8, 4) is 0 Å². The second-order valence-electron chi connectivity index (χ2n) is 11.0. The molecule has 0 spiro atoms. The van der Waals surface area contributed by atoms with Gasteiger partial charge in [0.2, 0.25) is 17.7 Å². The van der Waals surface area contributed by atoms with Crippen LogP contribution in [0, 0.1) is 17.2 Å². The first kappa shape index (κ1) is 32.0. The maximum Gasteiger partial charge on any atom is 0.243 e. The summed E-state index contributed by atoms with van der Waals surface area (Å²) in [5, 5.41) is 17.4. The summed E-state index contributed by atoms with van der Waals surface area (Å²) in [6.45, 7) is 0.461. The van der Waals surface area contributed by atoms with Crippen LogP contribution in [-0.2, 0) is 33.9 Å². The lowest BCUT2D eigenvalue weighted by Gasteiger charge is -2.31. The van der Waals surface area contributed by atoms with Crippen molar-refractivity contribution in [3.63, 3.8) is 0 Å². The largest absolute Gasteiger partial charge is 0.384 e. The van der Waals surface area contributed by atoms with E-state index in [-0.39, 0.29) is 37.2 Å². The molecule has 1 aliphatic rings. The number of nitrogen functional groups attached to an aromatic ring is 1. The highest BCUT2D eigenvalue weighted by atomic mass is 35.5. The van der Waals surface area contributed by atoms with E-state index in [2.05, 4.69) is 16.0 Å². The monoisotopic (exact) mass is 621 g/mol. The van der Waals surface area contributed by atoms with Crippen molar-refractivity contribution in [2.24, 2.45) is 17.6 Å². The molecule has 10 heteroatoms. The first-order valence-electron chi connectivity index (χ1n) is 14.5. The number of amidine groups is 1. The topological polar surface area (TPSA) is 137 Å². The second kappa shape index (κ2) is 15.5. The Morgan fingerprint density at radius 3 is 2.00 bits per heavy atom. The molecule has 3 amide bonds. The van der Waals surface area contributed by atoms with Crippen molar-refractivity contribution in [2.75, 3.05) is 0 Å². The molecule has 226 valence electrons. The second-order valence-corrected chi connectivity index (χ2v) is 11.8. The van der Waals surface area contributed by atoms with Gasteiger partial charge in [-0.3, -0.25) is 19.8 Å². The van der Waals surface area contributed by atoms with Crippen LogP contribution in [0.2, 0.25) is 10.0 Å². The lowest BCUT2D eigenvalue weighted by atomic mass is 9.83. The molecule has 6 N–H and O–H groups in total. The molecule has 0 saturated heterocycles. The summed E-state index contributed by atoms with van der Waals surface area (Å²) in [5.41, 5.74) is 8.52. The van der Waals surface area contributed by atoms with Crippen LogP contribution >= 0.6 is 23.2 Å². The summed E-state index contributed by atoms with van der Waals surface area (Å²) in [5.74, 6) is -2.47. The van der Waals surface area contributed by atoms with Crippen LogP contribution < -0.4 is 21.7 Å². The smallest absolute Gasteiger partial charge is 0.243 e. The predicted octanol–water partition coefficient (Wildman–Crippen LogP) is 5.13. The minimum absolute atomic E-state index is 0.0523. The molecule has 4 rings (SSSR count). The Morgan fingerprint density at radius 1 is 0.767 bits per heavy atom. The standard InChI is InChI=1S/C33H37Cl2N5O3/c34-26-15-23(16-27(35)18-26)20-39-33(43)29(24-9-5-2-6-10-24)40-32(42)28(17-21-11-13-25(14-12-21)30(36)37)31(41)38-19-22-7-3-1-4-8-22/h1,3-4,7-8,11-16,18,24,28-29H,2,5-6,9-10,17,19-20H2,(H3,36,37)(H,38,41)(H,39,43)(H,40,42)/t28-,29+/m1/s1. The Morgan fingerprint density at radius 2 is 1.37 bits per heavy atom. The van der Waals surface area contributed by atoms with Crippen LogP contribution in [0.5, 0.6) is 0 Å². The van der Waals surface area contributed by atoms with Gasteiger partial charge in [-0.25, -0.2) is 0 Å². The summed E-state index contributed by atoms with van der Waals surface area (Å²) in [7, 11) is 0. The summed E-state index contributed by atoms with van der Waals surface area (Å²) in [6.07, 6.45) is 4.75. The van der Waals surface area contributed by atoms with Crippen LogP contribution in [0.4, 0.5) is 0 Å². The number of rotatable bonds is 12. The van der Waals surface area contributed by atoms with Gasteiger partial charge in [0.1, 0.15) is 17.8 Å². The van der Waals surface area contributed by atoms with Crippen LogP contribution in [0.1, 0.15) is 54.4 Å². The molecule has 3 aromatic carbocycles. The maximum atomic E-state index is 13.9. The number of nitrogens with two attached hydrogens (primary N) is 1. The molecule has 0 aliphatic heterocycles. The van der Waals surface area contributed by atoms with E-state index < -0.39 is 23.8 Å². The number of hydrogen-bond acceptors (Lipinski definition) is 4. The molecule has 1 fully saturated rings. The van der Waals surface area contributed by atoms with Gasteiger partial charge in [-0.15, -0.1) is 0 Å². The van der Waals surface area contributed by atoms with Gasteiger partial charge in [0.25, 0.3) is 0 Å². The van der Waals surface area contributed by atoms with Crippen molar-refractivity contribution in [2.45, 2.75) is 57.7 Å². The maximum absolute atomic E-state index is 13.9. The zero-order valence-corrected chi connectivity index (χ0v) is 25.4. The Labute approximate surface area is 262 Å². The van der Waals surface area contributed by atoms with Gasteiger partial charge in [0.15, 0.2) is 0 Å². The average Bonchev–Trinajstić information content (AvgIpc) is 3.00. The number of nitrogens with one attached hydrogen (secondary N) is 4. The molecule has 0 unspecified atom stereocenters. The van der Waals surface area contributed by atoms with E-state index in [9.17, 15) is 14.4 Å². The van der Waals surface area contributed by atoms with E-state index in [1.807, 2.05) is 30.3 Å². The number of amides is 3. The summed E-state index contributed by atoms with van der Waals surface area (Å²) < 4.78 is 0. The molecule has 0 radical (unpaired) electrons. The molecular formula is C33H37Cl2N5O3. The van der Waals surface area contributed by atoms with Gasteiger partial charge in [-0.2, -0.15) is 0 Å². The highest BCUT2D eigenvalue weighted by Crippen LogP contribution is 2.27. The number of halogens is 2. The van der Waals surface area contributed by atoms with Gasteiger partial charge in [0, 0.05) is 28.7 Å². The first-order chi connectivity index (χ1) is 20.7. The lowest BCUT2D eigenvalue weighted by molar-refractivity contribution is -0.138. The molecule has 3 aromatic rings. The summed E-state index contributed by atoms with van der Waals surface area (Å²) in [4.78, 5) is 40.9. The molecule has 0 heterocycles. The van der Waals surface area contributed by atoms with Gasteiger partial charge in [-0.1, -0.05) is 97.1 Å². The SMILES string of the molecule is N=C(N)c1ccc(C[C@H](C(=O)NCc2ccccc2)C(=O)N[C@H](C(=O)NCc2cc(Cl)cc(Cl)c2)C2CCCCC2)cc1. The predicted molar refractivity (Wildman–Crippen MR) is 170 cm³/mol. The van der Waals surface area contributed by atoms with Crippen LogP contribution in [0.15, 0.2) is 72.8 Å². The number of benzene rings is 3. The fourth-order valence-electron chi connectivity index (χ4n) is 5.40. The number of carbonyl (C=O) groups is 3. The molecule has 2 atom stereocenters. The van der Waals surface area contributed by atoms with E-state index in [1.165, 1.54) is 0 Å². The normalized spacial score (nSPS) is 14.7. The summed E-state index contributed by atoms with van der Waals surface area (Å²) in [6, 6.07) is 20.6. The van der Waals surface area contributed by atoms with E-state index in [0.29, 0.717) is 15.6 Å². The van der Waals surface area contributed by atoms with Crippen molar-refractivity contribution in [3.05, 3.63) is 105 Å². The first-order valence-corrected chi connectivity index (χ1v) is 15.2. The molecule has 1 saturated carbocycles. The number of hydrogen-bond donors (Lipinski definition) is 5. The van der Waals surface area contributed by atoms with E-state index >= 15 is 0 Å². The average molecular weight is 623 g/mol. The van der Waals surface area contributed by atoms with Gasteiger partial charge >= 0.3 is 0 Å². The Balaban J connectivity index is 1.53. The molecular weight excluding hydrogens is 585 g/mol. The minimum atomic E-state index is -1.09. The third-order valence-corrected chi connectivity index (χ3v) is 8.17. The Hall–Kier alpha value is -3.88. The molecule has 43 heavy (non-hydrogen) atoms. The van der Waals surface area contributed by atoms with Crippen LogP contribution in [-0.4, -0.2) is 29.6 Å². The molecule has 1 aliphatic carbocycles. The van der Waals surface area contributed by atoms with Crippen molar-refractivity contribution < 1.29 is 14.4 Å². The van der Waals surface area contributed by atoms with E-state index in [1.54, 1.807) is 42.5 Å². The molecule has 8 nitrogen and oxygen atoms in total. The van der Waals surface area contributed by atoms with Crippen molar-refractivity contribution >= 4 is 46.8 Å². The van der Waals surface area contributed by atoms with E-state index in [0.717, 1.165) is 48.8 Å². The quantitative estimate of drug-likeness (QED) is 0.109. The third kappa shape index (κ3) is 9.56. The fourth-order valence-corrected chi connectivity index (χ4v) is 5.97. The Kier molecular flexibility index (Phi) is 11.6. The van der Waals surface area contributed by atoms with Crippen molar-refractivity contribution in [1.82, 2.24) is 16.0 Å². The Bertz CT molecular complexity index is 1410.